The highest BCUT2D eigenvalue weighted by Crippen LogP contribution is 2.25. The molecule has 2 aromatic rings. The zero-order valence-corrected chi connectivity index (χ0v) is 12.3. The average Bonchev–Trinajstić information content (AvgIpc) is 2.42. The van der Waals surface area contributed by atoms with E-state index in [1.807, 2.05) is 19.1 Å². The van der Waals surface area contributed by atoms with Crippen molar-refractivity contribution in [3.63, 3.8) is 0 Å². The van der Waals surface area contributed by atoms with Crippen LogP contribution in [0.15, 0.2) is 42.5 Å². The van der Waals surface area contributed by atoms with Gasteiger partial charge in [-0.25, -0.2) is 0 Å². The van der Waals surface area contributed by atoms with Crippen LogP contribution in [0, 0.1) is 6.92 Å². The quantitative estimate of drug-likeness (QED) is 0.913. The summed E-state index contributed by atoms with van der Waals surface area (Å²) in [5.74, 6) is 0.316. The second-order valence-electron chi connectivity index (χ2n) is 4.22. The molecule has 2 aromatic carbocycles. The fourth-order valence-corrected chi connectivity index (χ4v) is 2.04. The van der Waals surface area contributed by atoms with Crippen molar-refractivity contribution >= 4 is 34.8 Å². The molecule has 1 N–H and O–H groups in total. The Bertz CT molecular complexity index is 592. The van der Waals surface area contributed by atoms with Crippen molar-refractivity contribution in [1.82, 2.24) is 0 Å². The van der Waals surface area contributed by atoms with E-state index in [1.165, 1.54) is 0 Å². The van der Waals surface area contributed by atoms with Crippen molar-refractivity contribution in [2.45, 2.75) is 6.92 Å². The lowest BCUT2D eigenvalue weighted by Gasteiger charge is -2.11. The topological polar surface area (TPSA) is 38.3 Å². The van der Waals surface area contributed by atoms with Gasteiger partial charge in [0, 0.05) is 5.02 Å². The van der Waals surface area contributed by atoms with Gasteiger partial charge in [0.1, 0.15) is 5.75 Å². The van der Waals surface area contributed by atoms with Crippen molar-refractivity contribution in [1.29, 1.82) is 0 Å². The molecule has 0 aliphatic heterocycles. The van der Waals surface area contributed by atoms with Gasteiger partial charge in [0.05, 0.1) is 10.7 Å². The molecule has 20 heavy (non-hydrogen) atoms. The first-order valence-corrected chi connectivity index (χ1v) is 6.75. The monoisotopic (exact) mass is 309 g/mol. The van der Waals surface area contributed by atoms with Crippen LogP contribution in [0.2, 0.25) is 10.0 Å². The molecule has 3 nitrogen and oxygen atoms in total. The summed E-state index contributed by atoms with van der Waals surface area (Å²) in [6.45, 7) is 1.79. The zero-order valence-electron chi connectivity index (χ0n) is 10.8. The fraction of sp³-hybridized carbons (Fsp3) is 0.133. The molecular weight excluding hydrogens is 297 g/mol. The number of aryl methyl sites for hydroxylation is 1. The molecule has 0 aliphatic rings. The summed E-state index contributed by atoms with van der Waals surface area (Å²) in [7, 11) is 0. The minimum absolute atomic E-state index is 0.0910. The number of hydrogen-bond acceptors (Lipinski definition) is 2. The molecule has 0 fully saturated rings. The molecule has 0 radical (unpaired) electrons. The molecule has 0 heterocycles. The van der Waals surface area contributed by atoms with Crippen LogP contribution >= 0.6 is 23.2 Å². The number of para-hydroxylation sites is 1. The first-order chi connectivity index (χ1) is 9.56. The smallest absolute Gasteiger partial charge is 0.262 e. The zero-order chi connectivity index (χ0) is 14.5. The van der Waals surface area contributed by atoms with Crippen molar-refractivity contribution in [3.8, 4) is 5.75 Å². The summed E-state index contributed by atoms with van der Waals surface area (Å²) < 4.78 is 5.36. The first-order valence-electron chi connectivity index (χ1n) is 5.99. The maximum atomic E-state index is 11.8. The van der Waals surface area contributed by atoms with Crippen LogP contribution in [0.25, 0.3) is 0 Å². The molecule has 1 amide bonds. The molecule has 0 unspecified atom stereocenters. The number of carbonyl (C=O) groups is 1. The van der Waals surface area contributed by atoms with Gasteiger partial charge in [0.15, 0.2) is 6.61 Å². The van der Waals surface area contributed by atoms with Crippen molar-refractivity contribution in [3.05, 3.63) is 58.1 Å². The molecule has 0 spiro atoms. The SMILES string of the molecule is Cc1cccc(Cl)c1NC(=O)COc1ccc(Cl)cc1. The number of hydrogen-bond donors (Lipinski definition) is 1. The van der Waals surface area contributed by atoms with Crippen molar-refractivity contribution in [2.24, 2.45) is 0 Å². The van der Waals surface area contributed by atoms with Gasteiger partial charge in [-0.15, -0.1) is 0 Å². The number of benzene rings is 2. The third-order valence-electron chi connectivity index (χ3n) is 2.67. The van der Waals surface area contributed by atoms with Crippen LogP contribution in [0.1, 0.15) is 5.56 Å². The van der Waals surface area contributed by atoms with Gasteiger partial charge in [0.2, 0.25) is 0 Å². The van der Waals surface area contributed by atoms with Gasteiger partial charge < -0.3 is 10.1 Å². The highest BCUT2D eigenvalue weighted by Gasteiger charge is 2.08. The van der Waals surface area contributed by atoms with Crippen LogP contribution in [0.3, 0.4) is 0 Å². The lowest BCUT2D eigenvalue weighted by Crippen LogP contribution is -2.20. The average molecular weight is 310 g/mol. The minimum Gasteiger partial charge on any atom is -0.484 e. The molecule has 0 saturated carbocycles. The predicted octanol–water partition coefficient (Wildman–Crippen LogP) is 4.32. The Labute approximate surface area is 127 Å². The molecule has 0 aliphatic carbocycles. The van der Waals surface area contributed by atoms with Gasteiger partial charge in [-0.1, -0.05) is 35.3 Å². The van der Waals surface area contributed by atoms with Crippen LogP contribution in [0.5, 0.6) is 5.75 Å². The molecule has 104 valence electrons. The standard InChI is InChI=1S/C15H13Cl2NO2/c1-10-3-2-4-13(17)15(10)18-14(19)9-20-12-7-5-11(16)6-8-12/h2-8H,9H2,1H3,(H,18,19). The van der Waals surface area contributed by atoms with E-state index in [2.05, 4.69) is 5.32 Å². The largest absolute Gasteiger partial charge is 0.484 e. The van der Waals surface area contributed by atoms with E-state index in [9.17, 15) is 4.79 Å². The van der Waals surface area contributed by atoms with Gasteiger partial charge in [-0.3, -0.25) is 4.79 Å². The second-order valence-corrected chi connectivity index (χ2v) is 5.07. The summed E-state index contributed by atoms with van der Waals surface area (Å²) in [4.78, 5) is 11.8. The van der Waals surface area contributed by atoms with Crippen LogP contribution < -0.4 is 10.1 Å². The van der Waals surface area contributed by atoms with E-state index < -0.39 is 0 Å². The first kappa shape index (κ1) is 14.7. The third kappa shape index (κ3) is 3.89. The number of halogens is 2. The lowest BCUT2D eigenvalue weighted by molar-refractivity contribution is -0.118. The van der Waals surface area contributed by atoms with Gasteiger partial charge in [-0.05, 0) is 42.8 Å². The van der Waals surface area contributed by atoms with Gasteiger partial charge >= 0.3 is 0 Å². The van der Waals surface area contributed by atoms with E-state index in [1.54, 1.807) is 30.3 Å². The van der Waals surface area contributed by atoms with E-state index in [0.717, 1.165) is 5.56 Å². The summed E-state index contributed by atoms with van der Waals surface area (Å²) in [6, 6.07) is 12.2. The molecule has 0 atom stereocenters. The Kier molecular flexibility index (Phi) is 4.88. The minimum atomic E-state index is -0.267. The highest BCUT2D eigenvalue weighted by molar-refractivity contribution is 6.34. The predicted molar refractivity (Wildman–Crippen MR) is 81.8 cm³/mol. The van der Waals surface area contributed by atoms with Crippen molar-refractivity contribution in [2.75, 3.05) is 11.9 Å². The fourth-order valence-electron chi connectivity index (χ4n) is 1.65. The summed E-state index contributed by atoms with van der Waals surface area (Å²) in [5.41, 5.74) is 1.51. The van der Waals surface area contributed by atoms with E-state index in [0.29, 0.717) is 21.5 Å². The van der Waals surface area contributed by atoms with Crippen LogP contribution in [0.4, 0.5) is 5.69 Å². The van der Waals surface area contributed by atoms with Crippen LogP contribution in [-0.4, -0.2) is 12.5 Å². The molecule has 0 bridgehead atoms. The maximum absolute atomic E-state index is 11.8. The van der Waals surface area contributed by atoms with Crippen LogP contribution in [-0.2, 0) is 4.79 Å². The maximum Gasteiger partial charge on any atom is 0.262 e. The molecule has 2 rings (SSSR count). The Balaban J connectivity index is 1.94. The number of nitrogens with one attached hydrogen (secondary N) is 1. The number of carbonyl (C=O) groups excluding carboxylic acids is 1. The Hall–Kier alpha value is -1.71. The number of anilines is 1. The normalized spacial score (nSPS) is 10.2. The lowest BCUT2D eigenvalue weighted by atomic mass is 10.2. The Morgan fingerprint density at radius 2 is 1.85 bits per heavy atom. The van der Waals surface area contributed by atoms with E-state index in [-0.39, 0.29) is 12.5 Å². The summed E-state index contributed by atoms with van der Waals surface area (Å²) >= 11 is 11.8. The third-order valence-corrected chi connectivity index (χ3v) is 3.24. The van der Waals surface area contributed by atoms with Gasteiger partial charge in [-0.2, -0.15) is 0 Å². The summed E-state index contributed by atoms with van der Waals surface area (Å²) in [5, 5.41) is 3.86. The van der Waals surface area contributed by atoms with Gasteiger partial charge in [0.25, 0.3) is 5.91 Å². The Morgan fingerprint density at radius 3 is 2.50 bits per heavy atom. The number of rotatable bonds is 4. The summed E-state index contributed by atoms with van der Waals surface area (Å²) in [6.07, 6.45) is 0. The highest BCUT2D eigenvalue weighted by atomic mass is 35.5. The number of amides is 1. The van der Waals surface area contributed by atoms with Crippen molar-refractivity contribution < 1.29 is 9.53 Å². The Morgan fingerprint density at radius 1 is 1.15 bits per heavy atom. The van der Waals surface area contributed by atoms with E-state index >= 15 is 0 Å². The molecule has 5 heteroatoms. The molecule has 0 aromatic heterocycles. The molecular formula is C15H13Cl2NO2. The van der Waals surface area contributed by atoms with E-state index in [4.69, 9.17) is 27.9 Å². The molecule has 0 saturated heterocycles. The number of ether oxygens (including phenoxy) is 1. The second kappa shape index (κ2) is 6.64.